The maximum atomic E-state index is 12.3. The Morgan fingerprint density at radius 2 is 2.15 bits per heavy atom. The van der Waals surface area contributed by atoms with E-state index >= 15 is 0 Å². The zero-order chi connectivity index (χ0) is 14.8. The van der Waals surface area contributed by atoms with Crippen LogP contribution in [0.3, 0.4) is 0 Å². The summed E-state index contributed by atoms with van der Waals surface area (Å²) < 4.78 is 28.8. The third kappa shape index (κ3) is 3.03. The maximum Gasteiger partial charge on any atom is 0.241 e. The van der Waals surface area contributed by atoms with Crippen molar-refractivity contribution >= 4 is 10.0 Å². The lowest BCUT2D eigenvalue weighted by Crippen LogP contribution is -2.25. The summed E-state index contributed by atoms with van der Waals surface area (Å²) >= 11 is 0. The van der Waals surface area contributed by atoms with Crippen molar-refractivity contribution in [3.8, 4) is 0 Å². The summed E-state index contributed by atoms with van der Waals surface area (Å²) in [7, 11) is -1.85. The lowest BCUT2D eigenvalue weighted by atomic mass is 10.1. The molecule has 1 heterocycles. The summed E-state index contributed by atoms with van der Waals surface area (Å²) in [5, 5.41) is 7.54. The number of aryl methyl sites for hydroxylation is 2. The first-order valence-corrected chi connectivity index (χ1v) is 7.54. The first kappa shape index (κ1) is 14.6. The van der Waals surface area contributed by atoms with Crippen LogP contribution in [0.1, 0.15) is 17.0 Å². The van der Waals surface area contributed by atoms with Crippen molar-refractivity contribution in [3.05, 3.63) is 41.5 Å². The van der Waals surface area contributed by atoms with E-state index in [1.807, 2.05) is 6.07 Å². The van der Waals surface area contributed by atoms with E-state index in [1.165, 1.54) is 6.33 Å². The van der Waals surface area contributed by atoms with Crippen molar-refractivity contribution in [2.45, 2.75) is 24.9 Å². The third-order valence-corrected chi connectivity index (χ3v) is 4.55. The van der Waals surface area contributed by atoms with Crippen LogP contribution in [0.5, 0.6) is 0 Å². The van der Waals surface area contributed by atoms with Gasteiger partial charge in [-0.2, -0.15) is 0 Å². The van der Waals surface area contributed by atoms with Crippen LogP contribution < -0.4 is 10.5 Å². The number of nitrogens with zero attached hydrogens (tertiary/aromatic N) is 3. The van der Waals surface area contributed by atoms with Gasteiger partial charge in [-0.05, 0) is 24.1 Å². The molecule has 7 nitrogen and oxygen atoms in total. The number of aromatic nitrogens is 3. The van der Waals surface area contributed by atoms with Crippen LogP contribution in [0, 0.1) is 6.92 Å². The minimum atomic E-state index is -3.60. The van der Waals surface area contributed by atoms with Gasteiger partial charge >= 0.3 is 0 Å². The predicted molar refractivity (Wildman–Crippen MR) is 74.1 cm³/mol. The SMILES string of the molecule is Cc1ccc(CN)cc1S(=O)(=O)NCc1nncn1C. The molecule has 0 fully saturated rings. The van der Waals surface area contributed by atoms with Crippen molar-refractivity contribution in [1.29, 1.82) is 0 Å². The van der Waals surface area contributed by atoms with Crippen LogP contribution in [-0.2, 0) is 30.2 Å². The number of hydrogen-bond acceptors (Lipinski definition) is 5. The van der Waals surface area contributed by atoms with Crippen molar-refractivity contribution in [2.24, 2.45) is 12.8 Å². The number of nitrogens with one attached hydrogen (secondary N) is 1. The van der Waals surface area contributed by atoms with E-state index in [-0.39, 0.29) is 11.4 Å². The van der Waals surface area contributed by atoms with Crippen LogP contribution in [0.2, 0.25) is 0 Å². The van der Waals surface area contributed by atoms with Gasteiger partial charge < -0.3 is 10.3 Å². The molecule has 3 N–H and O–H groups in total. The quantitative estimate of drug-likeness (QED) is 0.812. The molecule has 0 radical (unpaired) electrons. The van der Waals surface area contributed by atoms with Gasteiger partial charge in [0.05, 0.1) is 11.4 Å². The van der Waals surface area contributed by atoms with Crippen molar-refractivity contribution in [3.63, 3.8) is 0 Å². The van der Waals surface area contributed by atoms with Gasteiger partial charge in [0, 0.05) is 13.6 Å². The van der Waals surface area contributed by atoms with Gasteiger partial charge in [0.25, 0.3) is 0 Å². The fourth-order valence-electron chi connectivity index (χ4n) is 1.77. The van der Waals surface area contributed by atoms with Crippen LogP contribution in [0.4, 0.5) is 0 Å². The number of nitrogens with two attached hydrogens (primary N) is 1. The van der Waals surface area contributed by atoms with Gasteiger partial charge in [-0.1, -0.05) is 12.1 Å². The fourth-order valence-corrected chi connectivity index (χ4v) is 3.04. The molecule has 0 amide bonds. The highest BCUT2D eigenvalue weighted by molar-refractivity contribution is 7.89. The summed E-state index contributed by atoms with van der Waals surface area (Å²) in [4.78, 5) is 0.239. The van der Waals surface area contributed by atoms with E-state index in [2.05, 4.69) is 14.9 Å². The average molecular weight is 295 g/mol. The molecule has 20 heavy (non-hydrogen) atoms. The smallest absolute Gasteiger partial charge is 0.241 e. The second-order valence-corrected chi connectivity index (χ2v) is 6.22. The molecule has 2 aromatic rings. The van der Waals surface area contributed by atoms with E-state index in [0.717, 1.165) is 5.56 Å². The molecule has 2 rings (SSSR count). The monoisotopic (exact) mass is 295 g/mol. The molecule has 0 aliphatic rings. The highest BCUT2D eigenvalue weighted by atomic mass is 32.2. The second kappa shape index (κ2) is 5.70. The fraction of sp³-hybridized carbons (Fsp3) is 0.333. The zero-order valence-electron chi connectivity index (χ0n) is 11.4. The zero-order valence-corrected chi connectivity index (χ0v) is 12.2. The first-order valence-electron chi connectivity index (χ1n) is 6.06. The van der Waals surface area contributed by atoms with Crippen LogP contribution >= 0.6 is 0 Å². The molecule has 0 saturated heterocycles. The van der Waals surface area contributed by atoms with Crippen molar-refractivity contribution in [2.75, 3.05) is 0 Å². The Bertz CT molecular complexity index is 708. The molecule has 0 bridgehead atoms. The Balaban J connectivity index is 2.24. The molecule has 0 aliphatic carbocycles. The molecule has 0 aliphatic heterocycles. The molecule has 108 valence electrons. The minimum absolute atomic E-state index is 0.0884. The van der Waals surface area contributed by atoms with Gasteiger partial charge in [-0.3, -0.25) is 0 Å². The average Bonchev–Trinajstić information content (AvgIpc) is 2.82. The van der Waals surface area contributed by atoms with E-state index in [4.69, 9.17) is 5.73 Å². The second-order valence-electron chi connectivity index (χ2n) is 4.49. The number of sulfonamides is 1. The summed E-state index contributed by atoms with van der Waals surface area (Å²) in [5.74, 6) is 0.543. The van der Waals surface area contributed by atoms with Crippen LogP contribution in [0.15, 0.2) is 29.4 Å². The Morgan fingerprint density at radius 3 is 2.75 bits per heavy atom. The molecular weight excluding hydrogens is 278 g/mol. The van der Waals surface area contributed by atoms with E-state index < -0.39 is 10.0 Å². The maximum absolute atomic E-state index is 12.3. The third-order valence-electron chi connectivity index (χ3n) is 3.00. The lowest BCUT2D eigenvalue weighted by Gasteiger charge is -2.10. The molecule has 1 aromatic heterocycles. The summed E-state index contributed by atoms with van der Waals surface area (Å²) in [6, 6.07) is 5.16. The summed E-state index contributed by atoms with van der Waals surface area (Å²) in [5.41, 5.74) is 6.99. The Morgan fingerprint density at radius 1 is 1.40 bits per heavy atom. The van der Waals surface area contributed by atoms with E-state index in [9.17, 15) is 8.42 Å². The van der Waals surface area contributed by atoms with Crippen molar-refractivity contribution in [1.82, 2.24) is 19.5 Å². The Kier molecular flexibility index (Phi) is 4.17. The summed E-state index contributed by atoms with van der Waals surface area (Å²) in [6.45, 7) is 2.13. The molecular formula is C12H17N5O2S. The topological polar surface area (TPSA) is 103 Å². The van der Waals surface area contributed by atoms with Crippen molar-refractivity contribution < 1.29 is 8.42 Å². The summed E-state index contributed by atoms with van der Waals surface area (Å²) in [6.07, 6.45) is 1.52. The van der Waals surface area contributed by atoms with Gasteiger partial charge in [-0.25, -0.2) is 13.1 Å². The van der Waals surface area contributed by atoms with Crippen LogP contribution in [-0.4, -0.2) is 23.2 Å². The molecule has 8 heteroatoms. The largest absolute Gasteiger partial charge is 0.326 e. The lowest BCUT2D eigenvalue weighted by molar-refractivity contribution is 0.576. The molecule has 1 aromatic carbocycles. The van der Waals surface area contributed by atoms with Gasteiger partial charge in [-0.15, -0.1) is 10.2 Å². The first-order chi connectivity index (χ1) is 9.44. The highest BCUT2D eigenvalue weighted by Gasteiger charge is 2.17. The van der Waals surface area contributed by atoms with Gasteiger partial charge in [0.15, 0.2) is 0 Å². The molecule has 0 atom stereocenters. The van der Waals surface area contributed by atoms with E-state index in [0.29, 0.717) is 17.9 Å². The van der Waals surface area contributed by atoms with E-state index in [1.54, 1.807) is 30.7 Å². The standard InChI is InChI=1S/C12H17N5O2S/c1-9-3-4-10(6-13)5-11(9)20(18,19)15-7-12-16-14-8-17(12)2/h3-5,8,15H,6-7,13H2,1-2H3. The van der Waals surface area contributed by atoms with Gasteiger partial charge in [0.2, 0.25) is 10.0 Å². The number of hydrogen-bond donors (Lipinski definition) is 2. The minimum Gasteiger partial charge on any atom is -0.326 e. The Hall–Kier alpha value is -1.77. The normalized spacial score (nSPS) is 11.8. The predicted octanol–water partition coefficient (Wildman–Crippen LogP) is 0.0607. The number of benzene rings is 1. The Labute approximate surface area is 117 Å². The molecule has 0 unspecified atom stereocenters. The molecule has 0 saturated carbocycles. The highest BCUT2D eigenvalue weighted by Crippen LogP contribution is 2.17. The number of rotatable bonds is 5. The van der Waals surface area contributed by atoms with Crippen LogP contribution in [0.25, 0.3) is 0 Å². The van der Waals surface area contributed by atoms with Gasteiger partial charge in [0.1, 0.15) is 12.2 Å². The molecule has 0 spiro atoms.